The maximum Gasteiger partial charge on any atom is 0.192 e. The molecule has 2 heteroatoms. The maximum absolute atomic E-state index is 6.90. The first-order valence-electron chi connectivity index (χ1n) is 12.1. The zero-order valence-corrected chi connectivity index (χ0v) is 20.4. The average Bonchev–Trinajstić information content (AvgIpc) is 2.95. The molecule has 27 heavy (non-hydrogen) atoms. The summed E-state index contributed by atoms with van der Waals surface area (Å²) in [6.45, 7) is 17.4. The van der Waals surface area contributed by atoms with Crippen molar-refractivity contribution in [2.45, 2.75) is 123 Å². The van der Waals surface area contributed by atoms with Crippen LogP contribution in [0.2, 0.25) is 18.1 Å². The van der Waals surface area contributed by atoms with E-state index in [4.69, 9.17) is 4.43 Å². The summed E-state index contributed by atoms with van der Waals surface area (Å²) >= 11 is 0. The van der Waals surface area contributed by atoms with Gasteiger partial charge >= 0.3 is 0 Å². The molecule has 1 nitrogen and oxygen atoms in total. The van der Waals surface area contributed by atoms with Gasteiger partial charge in [0.1, 0.15) is 0 Å². The van der Waals surface area contributed by atoms with Crippen LogP contribution in [0.15, 0.2) is 0 Å². The van der Waals surface area contributed by atoms with E-state index in [1.165, 1.54) is 64.2 Å². The van der Waals surface area contributed by atoms with Gasteiger partial charge in [-0.15, -0.1) is 0 Å². The zero-order chi connectivity index (χ0) is 19.7. The van der Waals surface area contributed by atoms with Crippen LogP contribution in [0.25, 0.3) is 0 Å². The minimum atomic E-state index is -1.64. The number of fused-ring (bicyclic) bond motifs is 5. The van der Waals surface area contributed by atoms with Crippen molar-refractivity contribution < 1.29 is 4.43 Å². The van der Waals surface area contributed by atoms with Crippen molar-refractivity contribution in [2.24, 2.45) is 34.5 Å². The fourth-order valence-corrected chi connectivity index (χ4v) is 9.31. The van der Waals surface area contributed by atoms with Gasteiger partial charge in [0.25, 0.3) is 0 Å². The van der Waals surface area contributed by atoms with Crippen molar-refractivity contribution in [3.63, 3.8) is 0 Å². The monoisotopic (exact) mass is 390 g/mol. The maximum atomic E-state index is 6.90. The molecule has 0 aromatic rings. The first kappa shape index (κ1) is 20.4. The Morgan fingerprint density at radius 3 is 2.30 bits per heavy atom. The van der Waals surface area contributed by atoms with E-state index in [0.717, 1.165) is 23.7 Å². The van der Waals surface area contributed by atoms with Gasteiger partial charge < -0.3 is 4.43 Å². The second-order valence-electron chi connectivity index (χ2n) is 13.0. The molecular weight excluding hydrogens is 344 g/mol. The SMILES string of the molecule is CC(C)(C)[Si](C)(C)O[C@H]1CC[C@@]2(C)[C@@H](CC[C@H]3[C@@H]4CCC[C@@]4(C)CC[C@@H]32)C1. The largest absolute Gasteiger partial charge is 0.414 e. The molecule has 0 aromatic carbocycles. The van der Waals surface area contributed by atoms with Crippen LogP contribution in [-0.4, -0.2) is 14.4 Å². The first-order chi connectivity index (χ1) is 12.5. The van der Waals surface area contributed by atoms with Crippen molar-refractivity contribution in [3.05, 3.63) is 0 Å². The molecule has 0 N–H and O–H groups in total. The molecule has 0 heterocycles. The van der Waals surface area contributed by atoms with Crippen LogP contribution in [-0.2, 0) is 4.43 Å². The third-order valence-corrected chi connectivity index (χ3v) is 15.2. The Morgan fingerprint density at radius 2 is 1.59 bits per heavy atom. The normalized spacial score (nSPS) is 47.9. The van der Waals surface area contributed by atoms with Gasteiger partial charge in [-0.2, -0.15) is 0 Å². The van der Waals surface area contributed by atoms with Crippen molar-refractivity contribution in [3.8, 4) is 0 Å². The Labute approximate surface area is 170 Å². The lowest BCUT2D eigenvalue weighted by atomic mass is 9.45. The van der Waals surface area contributed by atoms with Crippen molar-refractivity contribution in [1.29, 1.82) is 0 Å². The molecular formula is C25H46OSi. The summed E-state index contributed by atoms with van der Waals surface area (Å²) in [5, 5.41) is 0.335. The minimum absolute atomic E-state index is 0.335. The second-order valence-corrected chi connectivity index (χ2v) is 17.8. The highest BCUT2D eigenvalue weighted by atomic mass is 28.4. The minimum Gasteiger partial charge on any atom is -0.414 e. The van der Waals surface area contributed by atoms with E-state index in [9.17, 15) is 0 Å². The molecule has 0 amide bonds. The Balaban J connectivity index is 1.47. The number of rotatable bonds is 2. The van der Waals surface area contributed by atoms with Gasteiger partial charge in [0, 0.05) is 6.10 Å². The molecule has 4 fully saturated rings. The second kappa shape index (κ2) is 6.59. The summed E-state index contributed by atoms with van der Waals surface area (Å²) in [5.41, 5.74) is 1.31. The molecule has 4 aliphatic rings. The van der Waals surface area contributed by atoms with E-state index in [0.29, 0.717) is 22.0 Å². The standard InChI is InChI=1S/C25H46OSi/c1-23(2,3)27(6,7)26-19-12-16-25(5)18(17-19)10-11-20-21-9-8-14-24(21,4)15-13-22(20)25/h18-22H,8-17H2,1-7H3/t18-,19-,20-,21-,22-,24-,25-/m0/s1. The summed E-state index contributed by atoms with van der Waals surface area (Å²) in [7, 11) is -1.64. The van der Waals surface area contributed by atoms with E-state index >= 15 is 0 Å². The lowest BCUT2D eigenvalue weighted by Gasteiger charge is -2.61. The Bertz CT molecular complexity index is 563. The van der Waals surface area contributed by atoms with E-state index in [1.54, 1.807) is 0 Å². The van der Waals surface area contributed by atoms with Crippen LogP contribution in [0.5, 0.6) is 0 Å². The van der Waals surface area contributed by atoms with Crippen LogP contribution in [0.4, 0.5) is 0 Å². The molecule has 0 bridgehead atoms. The lowest BCUT2D eigenvalue weighted by molar-refractivity contribution is -0.119. The van der Waals surface area contributed by atoms with E-state index < -0.39 is 8.32 Å². The third-order valence-electron chi connectivity index (χ3n) is 10.7. The fourth-order valence-electron chi connectivity index (χ4n) is 7.91. The molecule has 0 aromatic heterocycles. The Kier molecular flexibility index (Phi) is 4.99. The highest BCUT2D eigenvalue weighted by Gasteiger charge is 2.58. The van der Waals surface area contributed by atoms with Crippen molar-refractivity contribution in [1.82, 2.24) is 0 Å². The van der Waals surface area contributed by atoms with Crippen molar-refractivity contribution in [2.75, 3.05) is 0 Å². The number of hydrogen-bond acceptors (Lipinski definition) is 1. The highest BCUT2D eigenvalue weighted by Crippen LogP contribution is 2.66. The topological polar surface area (TPSA) is 9.23 Å². The van der Waals surface area contributed by atoms with Gasteiger partial charge in [-0.25, -0.2) is 0 Å². The molecule has 4 rings (SSSR count). The third kappa shape index (κ3) is 3.29. The number of hydrogen-bond donors (Lipinski definition) is 0. The Morgan fingerprint density at radius 1 is 0.852 bits per heavy atom. The van der Waals surface area contributed by atoms with Gasteiger partial charge in [-0.1, -0.05) is 41.0 Å². The van der Waals surface area contributed by atoms with Crippen LogP contribution in [0.1, 0.15) is 98.8 Å². The van der Waals surface area contributed by atoms with E-state index in [-0.39, 0.29) is 0 Å². The Hall–Kier alpha value is 0.177. The smallest absolute Gasteiger partial charge is 0.192 e. The van der Waals surface area contributed by atoms with Crippen LogP contribution >= 0.6 is 0 Å². The van der Waals surface area contributed by atoms with Gasteiger partial charge in [0.2, 0.25) is 0 Å². The molecule has 156 valence electrons. The molecule has 0 spiro atoms. The first-order valence-corrected chi connectivity index (χ1v) is 15.0. The summed E-state index contributed by atoms with van der Waals surface area (Å²) in [6, 6.07) is 0. The molecule has 0 saturated heterocycles. The molecule has 0 aliphatic heterocycles. The molecule has 0 radical (unpaired) electrons. The van der Waals surface area contributed by atoms with Gasteiger partial charge in [-0.3, -0.25) is 0 Å². The average molecular weight is 391 g/mol. The lowest BCUT2D eigenvalue weighted by Crippen LogP contribution is -2.54. The van der Waals surface area contributed by atoms with Crippen LogP contribution in [0.3, 0.4) is 0 Å². The molecule has 7 atom stereocenters. The van der Waals surface area contributed by atoms with Gasteiger partial charge in [0.05, 0.1) is 0 Å². The van der Waals surface area contributed by atoms with Gasteiger partial charge in [0.15, 0.2) is 8.32 Å². The predicted octanol–water partition coefficient (Wildman–Crippen LogP) is 7.81. The fraction of sp³-hybridized carbons (Fsp3) is 1.00. The highest BCUT2D eigenvalue weighted by molar-refractivity contribution is 6.74. The zero-order valence-electron chi connectivity index (χ0n) is 19.4. The van der Waals surface area contributed by atoms with Crippen LogP contribution in [0, 0.1) is 34.5 Å². The van der Waals surface area contributed by atoms with Crippen molar-refractivity contribution >= 4 is 8.32 Å². The van der Waals surface area contributed by atoms with E-state index in [2.05, 4.69) is 47.7 Å². The summed E-state index contributed by atoms with van der Waals surface area (Å²) in [6.07, 6.45) is 15.3. The van der Waals surface area contributed by atoms with E-state index in [1.807, 2.05) is 0 Å². The molecule has 4 saturated carbocycles. The molecule has 4 aliphatic carbocycles. The van der Waals surface area contributed by atoms with Crippen LogP contribution < -0.4 is 0 Å². The summed E-state index contributed by atoms with van der Waals surface area (Å²) in [4.78, 5) is 0. The molecule has 0 unspecified atom stereocenters. The predicted molar refractivity (Wildman–Crippen MR) is 118 cm³/mol. The summed E-state index contributed by atoms with van der Waals surface area (Å²) in [5.74, 6) is 4.04. The quantitative estimate of drug-likeness (QED) is 0.437. The van der Waals surface area contributed by atoms with Gasteiger partial charge in [-0.05, 0) is 110 Å². The summed E-state index contributed by atoms with van der Waals surface area (Å²) < 4.78 is 6.90.